The number of aryl methyl sites for hydroxylation is 1. The molecule has 1 atom stereocenters. The maximum atomic E-state index is 11.9. The fourth-order valence-corrected chi connectivity index (χ4v) is 1.20. The van der Waals surface area contributed by atoms with Gasteiger partial charge in [-0.3, -0.25) is 4.79 Å². The van der Waals surface area contributed by atoms with Gasteiger partial charge in [0.05, 0.1) is 5.54 Å². The van der Waals surface area contributed by atoms with Crippen LogP contribution < -0.4 is 5.73 Å². The number of carbonyl (C=O) groups excluding carboxylic acids is 1. The Morgan fingerprint density at radius 3 is 2.29 bits per heavy atom. The maximum absolute atomic E-state index is 11.9. The average Bonchev–Trinajstić information content (AvgIpc) is 2.18. The molecule has 0 saturated carbocycles. The van der Waals surface area contributed by atoms with Crippen molar-refractivity contribution in [1.82, 2.24) is 0 Å². The predicted octanol–water partition coefficient (Wildman–Crippen LogP) is 2.31. The summed E-state index contributed by atoms with van der Waals surface area (Å²) in [6.07, 6.45) is 0.652. The molecule has 1 unspecified atom stereocenters. The third-order valence-corrected chi connectivity index (χ3v) is 2.57. The van der Waals surface area contributed by atoms with Crippen molar-refractivity contribution in [2.75, 3.05) is 0 Å². The molecule has 0 radical (unpaired) electrons. The Bertz CT molecular complexity index is 325. The van der Waals surface area contributed by atoms with Gasteiger partial charge in [-0.15, -0.1) is 0 Å². The number of benzene rings is 1. The van der Waals surface area contributed by atoms with Gasteiger partial charge in [0.1, 0.15) is 0 Å². The highest BCUT2D eigenvalue weighted by atomic mass is 16.1. The first-order chi connectivity index (χ1) is 6.47. The monoisotopic (exact) mass is 191 g/mol. The first-order valence-electron chi connectivity index (χ1n) is 4.87. The fourth-order valence-electron chi connectivity index (χ4n) is 1.20. The molecule has 0 aliphatic rings. The lowest BCUT2D eigenvalue weighted by atomic mass is 9.89. The summed E-state index contributed by atoms with van der Waals surface area (Å²) < 4.78 is 0. The summed E-state index contributed by atoms with van der Waals surface area (Å²) in [4.78, 5) is 11.9. The molecule has 0 fully saturated rings. The van der Waals surface area contributed by atoms with E-state index < -0.39 is 5.54 Å². The quantitative estimate of drug-likeness (QED) is 0.745. The van der Waals surface area contributed by atoms with E-state index in [4.69, 9.17) is 5.73 Å². The van der Waals surface area contributed by atoms with Crippen LogP contribution >= 0.6 is 0 Å². The van der Waals surface area contributed by atoms with Crippen LogP contribution in [-0.4, -0.2) is 11.3 Å². The van der Waals surface area contributed by atoms with Gasteiger partial charge in [-0.1, -0.05) is 36.8 Å². The summed E-state index contributed by atoms with van der Waals surface area (Å²) in [5.41, 5.74) is 6.99. The van der Waals surface area contributed by atoms with Crippen molar-refractivity contribution < 1.29 is 4.79 Å². The third kappa shape index (κ3) is 2.20. The Morgan fingerprint density at radius 1 is 1.36 bits per heavy atom. The Labute approximate surface area is 85.1 Å². The normalized spacial score (nSPS) is 14.9. The molecule has 1 rings (SSSR count). The Balaban J connectivity index is 2.96. The number of nitrogens with two attached hydrogens (primary N) is 1. The van der Waals surface area contributed by atoms with Crippen LogP contribution in [0.4, 0.5) is 0 Å². The lowest BCUT2D eigenvalue weighted by Gasteiger charge is -2.20. The molecule has 1 aromatic rings. The summed E-state index contributed by atoms with van der Waals surface area (Å²) in [5.74, 6) is 0.0139. The fraction of sp³-hybridized carbons (Fsp3) is 0.417. The van der Waals surface area contributed by atoms with Crippen LogP contribution in [-0.2, 0) is 0 Å². The lowest BCUT2D eigenvalue weighted by molar-refractivity contribution is 0.0898. The Hall–Kier alpha value is -1.15. The van der Waals surface area contributed by atoms with Crippen molar-refractivity contribution in [2.45, 2.75) is 32.7 Å². The van der Waals surface area contributed by atoms with Gasteiger partial charge in [-0.2, -0.15) is 0 Å². The van der Waals surface area contributed by atoms with Crippen LogP contribution in [0.3, 0.4) is 0 Å². The van der Waals surface area contributed by atoms with Crippen LogP contribution in [0, 0.1) is 6.92 Å². The van der Waals surface area contributed by atoms with Crippen molar-refractivity contribution >= 4 is 5.78 Å². The minimum Gasteiger partial charge on any atom is -0.319 e. The molecule has 1 aromatic carbocycles. The van der Waals surface area contributed by atoms with E-state index in [1.54, 1.807) is 6.92 Å². The highest BCUT2D eigenvalue weighted by Gasteiger charge is 2.26. The van der Waals surface area contributed by atoms with Crippen molar-refractivity contribution in [2.24, 2.45) is 5.73 Å². The van der Waals surface area contributed by atoms with E-state index >= 15 is 0 Å². The van der Waals surface area contributed by atoms with Crippen LogP contribution in [0.5, 0.6) is 0 Å². The molecule has 2 N–H and O–H groups in total. The van der Waals surface area contributed by atoms with Gasteiger partial charge in [0.25, 0.3) is 0 Å². The van der Waals surface area contributed by atoms with Crippen LogP contribution in [0.25, 0.3) is 0 Å². The van der Waals surface area contributed by atoms with E-state index in [0.29, 0.717) is 12.0 Å². The van der Waals surface area contributed by atoms with E-state index in [1.165, 1.54) is 0 Å². The molecule has 0 aliphatic heterocycles. The molecule has 2 heteroatoms. The van der Waals surface area contributed by atoms with Crippen molar-refractivity contribution in [3.63, 3.8) is 0 Å². The van der Waals surface area contributed by atoms with E-state index in [1.807, 2.05) is 38.1 Å². The second kappa shape index (κ2) is 3.93. The van der Waals surface area contributed by atoms with Gasteiger partial charge < -0.3 is 5.73 Å². The van der Waals surface area contributed by atoms with E-state index in [2.05, 4.69) is 0 Å². The number of hydrogen-bond donors (Lipinski definition) is 1. The maximum Gasteiger partial charge on any atom is 0.182 e. The summed E-state index contributed by atoms with van der Waals surface area (Å²) in [7, 11) is 0. The minimum absolute atomic E-state index is 0.0139. The van der Waals surface area contributed by atoms with Crippen molar-refractivity contribution in [1.29, 1.82) is 0 Å². The number of hydrogen-bond acceptors (Lipinski definition) is 2. The van der Waals surface area contributed by atoms with Gasteiger partial charge >= 0.3 is 0 Å². The molecular weight excluding hydrogens is 174 g/mol. The second-order valence-electron chi connectivity index (χ2n) is 3.97. The first kappa shape index (κ1) is 10.9. The van der Waals surface area contributed by atoms with Crippen LogP contribution in [0.1, 0.15) is 36.2 Å². The molecule has 14 heavy (non-hydrogen) atoms. The molecule has 76 valence electrons. The molecule has 0 aliphatic carbocycles. The lowest BCUT2D eigenvalue weighted by Crippen LogP contribution is -2.44. The molecule has 2 nitrogen and oxygen atoms in total. The van der Waals surface area contributed by atoms with Gasteiger partial charge in [-0.25, -0.2) is 0 Å². The number of rotatable bonds is 3. The standard InChI is InChI=1S/C12H17NO/c1-4-12(3,13)11(14)10-7-5-9(2)6-8-10/h5-8H,4,13H2,1-3H3. The zero-order valence-corrected chi connectivity index (χ0v) is 9.00. The first-order valence-corrected chi connectivity index (χ1v) is 4.87. The Morgan fingerprint density at radius 2 is 1.86 bits per heavy atom. The molecule has 0 aromatic heterocycles. The van der Waals surface area contributed by atoms with Crippen molar-refractivity contribution in [3.05, 3.63) is 35.4 Å². The minimum atomic E-state index is -0.741. The summed E-state index contributed by atoms with van der Waals surface area (Å²) in [6.45, 7) is 5.69. The highest BCUT2D eigenvalue weighted by Crippen LogP contribution is 2.14. The second-order valence-corrected chi connectivity index (χ2v) is 3.97. The van der Waals surface area contributed by atoms with Crippen LogP contribution in [0.2, 0.25) is 0 Å². The predicted molar refractivity (Wildman–Crippen MR) is 58.4 cm³/mol. The summed E-state index contributed by atoms with van der Waals surface area (Å²) in [5, 5.41) is 0. The summed E-state index contributed by atoms with van der Waals surface area (Å²) in [6, 6.07) is 7.52. The molecule has 0 heterocycles. The average molecular weight is 191 g/mol. The molecule has 0 saturated heterocycles. The van der Waals surface area contributed by atoms with Crippen LogP contribution in [0.15, 0.2) is 24.3 Å². The van der Waals surface area contributed by atoms with Crippen molar-refractivity contribution in [3.8, 4) is 0 Å². The smallest absolute Gasteiger partial charge is 0.182 e. The Kier molecular flexibility index (Phi) is 3.06. The number of Topliss-reactive ketones (excluding diaryl/α,β-unsaturated/α-hetero) is 1. The number of ketones is 1. The van der Waals surface area contributed by atoms with E-state index in [-0.39, 0.29) is 5.78 Å². The SMILES string of the molecule is CCC(C)(N)C(=O)c1ccc(C)cc1. The van der Waals surface area contributed by atoms with E-state index in [0.717, 1.165) is 5.56 Å². The molecule has 0 bridgehead atoms. The largest absolute Gasteiger partial charge is 0.319 e. The summed E-state index contributed by atoms with van der Waals surface area (Å²) >= 11 is 0. The highest BCUT2D eigenvalue weighted by molar-refractivity contribution is 6.02. The zero-order valence-electron chi connectivity index (χ0n) is 9.00. The van der Waals surface area contributed by atoms with Gasteiger partial charge in [0.2, 0.25) is 0 Å². The molecular formula is C12H17NO. The third-order valence-electron chi connectivity index (χ3n) is 2.57. The van der Waals surface area contributed by atoms with E-state index in [9.17, 15) is 4.79 Å². The topological polar surface area (TPSA) is 43.1 Å². The molecule has 0 amide bonds. The van der Waals surface area contributed by atoms with Gasteiger partial charge in [0.15, 0.2) is 5.78 Å². The van der Waals surface area contributed by atoms with Gasteiger partial charge in [0, 0.05) is 5.56 Å². The number of carbonyl (C=O) groups is 1. The molecule has 0 spiro atoms. The zero-order chi connectivity index (χ0) is 10.8. The van der Waals surface area contributed by atoms with Gasteiger partial charge in [-0.05, 0) is 20.3 Å².